The zero-order valence-corrected chi connectivity index (χ0v) is 18.0. The zero-order valence-electron chi connectivity index (χ0n) is 17.2. The standard InChI is InChI=1S/C21H25N3O5S/c1-15-13-16(6-11-19(15)24-12-4-5-21(24)26)22-20(25)14-29-18-9-7-17(8-10-18)23(2)30(3,27)28/h6-11,13H,4-5,12,14H2,1-3H3,(H,22,25). The molecule has 2 aromatic carbocycles. The van der Waals surface area contributed by atoms with E-state index in [-0.39, 0.29) is 18.4 Å². The van der Waals surface area contributed by atoms with Gasteiger partial charge in [-0.25, -0.2) is 8.42 Å². The van der Waals surface area contributed by atoms with E-state index in [0.29, 0.717) is 23.5 Å². The minimum atomic E-state index is -3.34. The van der Waals surface area contributed by atoms with Crippen molar-refractivity contribution in [1.82, 2.24) is 0 Å². The Balaban J connectivity index is 1.56. The monoisotopic (exact) mass is 431 g/mol. The Morgan fingerprint density at radius 3 is 2.47 bits per heavy atom. The van der Waals surface area contributed by atoms with Gasteiger partial charge in [0.25, 0.3) is 5.91 Å². The third-order valence-electron chi connectivity index (χ3n) is 4.91. The van der Waals surface area contributed by atoms with Crippen LogP contribution in [-0.2, 0) is 19.6 Å². The highest BCUT2D eigenvalue weighted by atomic mass is 32.2. The van der Waals surface area contributed by atoms with Crippen LogP contribution >= 0.6 is 0 Å². The van der Waals surface area contributed by atoms with Crippen LogP contribution in [0.4, 0.5) is 17.1 Å². The summed E-state index contributed by atoms with van der Waals surface area (Å²) < 4.78 is 29.8. The van der Waals surface area contributed by atoms with Crippen LogP contribution in [0.2, 0.25) is 0 Å². The molecule has 1 N–H and O–H groups in total. The molecule has 1 aliphatic rings. The number of amides is 2. The van der Waals surface area contributed by atoms with Gasteiger partial charge in [0, 0.05) is 31.4 Å². The molecule has 2 aromatic rings. The number of ether oxygens (including phenoxy) is 1. The quantitative estimate of drug-likeness (QED) is 0.727. The van der Waals surface area contributed by atoms with Crippen molar-refractivity contribution in [3.05, 3.63) is 48.0 Å². The Labute approximate surface area is 176 Å². The summed E-state index contributed by atoms with van der Waals surface area (Å²) >= 11 is 0. The lowest BCUT2D eigenvalue weighted by molar-refractivity contribution is -0.118. The Kier molecular flexibility index (Phi) is 6.31. The molecule has 3 rings (SSSR count). The van der Waals surface area contributed by atoms with Crippen LogP contribution in [0.3, 0.4) is 0 Å². The second-order valence-corrected chi connectivity index (χ2v) is 9.23. The van der Waals surface area contributed by atoms with Crippen LogP contribution in [0.5, 0.6) is 5.75 Å². The molecule has 1 heterocycles. The van der Waals surface area contributed by atoms with E-state index in [1.807, 2.05) is 19.1 Å². The van der Waals surface area contributed by atoms with E-state index in [1.54, 1.807) is 35.2 Å². The molecule has 1 saturated heterocycles. The molecule has 0 aliphatic carbocycles. The van der Waals surface area contributed by atoms with E-state index in [1.165, 1.54) is 7.05 Å². The first-order valence-electron chi connectivity index (χ1n) is 9.53. The number of aryl methyl sites for hydroxylation is 1. The largest absolute Gasteiger partial charge is 0.484 e. The summed E-state index contributed by atoms with van der Waals surface area (Å²) in [6, 6.07) is 11.9. The van der Waals surface area contributed by atoms with Gasteiger partial charge in [-0.05, 0) is 61.4 Å². The van der Waals surface area contributed by atoms with Crippen molar-refractivity contribution < 1.29 is 22.7 Å². The fourth-order valence-electron chi connectivity index (χ4n) is 3.23. The Morgan fingerprint density at radius 2 is 1.90 bits per heavy atom. The highest BCUT2D eigenvalue weighted by molar-refractivity contribution is 7.92. The Bertz CT molecular complexity index is 1050. The molecule has 1 fully saturated rings. The zero-order chi connectivity index (χ0) is 21.9. The van der Waals surface area contributed by atoms with Gasteiger partial charge in [0.1, 0.15) is 5.75 Å². The topological polar surface area (TPSA) is 96.0 Å². The number of nitrogens with one attached hydrogen (secondary N) is 1. The molecule has 0 spiro atoms. The van der Waals surface area contributed by atoms with Crippen molar-refractivity contribution in [2.75, 3.05) is 41.0 Å². The molecule has 0 aromatic heterocycles. The van der Waals surface area contributed by atoms with Crippen LogP contribution in [0, 0.1) is 6.92 Å². The minimum Gasteiger partial charge on any atom is -0.484 e. The molecule has 0 saturated carbocycles. The van der Waals surface area contributed by atoms with E-state index in [2.05, 4.69) is 5.32 Å². The number of rotatable bonds is 7. The van der Waals surface area contributed by atoms with Crippen LogP contribution in [0.25, 0.3) is 0 Å². The summed E-state index contributed by atoms with van der Waals surface area (Å²) in [5, 5.41) is 2.78. The Hall–Kier alpha value is -3.07. The van der Waals surface area contributed by atoms with Crippen molar-refractivity contribution in [3.8, 4) is 5.75 Å². The van der Waals surface area contributed by atoms with E-state index in [9.17, 15) is 18.0 Å². The molecule has 1 aliphatic heterocycles. The number of nitrogens with zero attached hydrogens (tertiary/aromatic N) is 2. The van der Waals surface area contributed by atoms with Crippen LogP contribution in [-0.4, -0.2) is 46.7 Å². The number of hydrogen-bond acceptors (Lipinski definition) is 5. The summed E-state index contributed by atoms with van der Waals surface area (Å²) in [4.78, 5) is 25.9. The molecule has 0 unspecified atom stereocenters. The summed E-state index contributed by atoms with van der Waals surface area (Å²) in [6.45, 7) is 2.44. The third kappa shape index (κ3) is 5.10. The van der Waals surface area contributed by atoms with Gasteiger partial charge in [-0.1, -0.05) is 0 Å². The fraction of sp³-hybridized carbons (Fsp3) is 0.333. The highest BCUT2D eigenvalue weighted by Gasteiger charge is 2.23. The van der Waals surface area contributed by atoms with E-state index in [0.717, 1.165) is 34.8 Å². The molecule has 2 amide bonds. The van der Waals surface area contributed by atoms with Crippen molar-refractivity contribution in [3.63, 3.8) is 0 Å². The molecular formula is C21H25N3O5S. The second-order valence-electron chi connectivity index (χ2n) is 7.21. The van der Waals surface area contributed by atoms with E-state index >= 15 is 0 Å². The van der Waals surface area contributed by atoms with E-state index in [4.69, 9.17) is 4.74 Å². The maximum absolute atomic E-state index is 12.2. The first-order chi connectivity index (χ1) is 14.1. The average molecular weight is 432 g/mol. The molecule has 0 bridgehead atoms. The number of sulfonamides is 1. The molecule has 8 nitrogen and oxygen atoms in total. The summed E-state index contributed by atoms with van der Waals surface area (Å²) in [6.07, 6.45) is 2.55. The molecule has 0 atom stereocenters. The van der Waals surface area contributed by atoms with Crippen LogP contribution < -0.4 is 19.3 Å². The van der Waals surface area contributed by atoms with Crippen LogP contribution in [0.1, 0.15) is 18.4 Å². The lowest BCUT2D eigenvalue weighted by atomic mass is 10.1. The number of carbonyl (C=O) groups is 2. The SMILES string of the molecule is Cc1cc(NC(=O)COc2ccc(N(C)S(C)(=O)=O)cc2)ccc1N1CCCC1=O. The fourth-order valence-corrected chi connectivity index (χ4v) is 3.73. The number of hydrogen-bond donors (Lipinski definition) is 1. The first kappa shape index (κ1) is 21.6. The lowest BCUT2D eigenvalue weighted by Crippen LogP contribution is -2.25. The Morgan fingerprint density at radius 1 is 1.20 bits per heavy atom. The number of carbonyl (C=O) groups excluding carboxylic acids is 2. The lowest BCUT2D eigenvalue weighted by Gasteiger charge is -2.19. The normalized spacial score (nSPS) is 14.0. The van der Waals surface area contributed by atoms with Gasteiger partial charge in [0.05, 0.1) is 11.9 Å². The van der Waals surface area contributed by atoms with E-state index < -0.39 is 10.0 Å². The first-order valence-corrected chi connectivity index (χ1v) is 11.4. The minimum absolute atomic E-state index is 0.122. The average Bonchev–Trinajstić information content (AvgIpc) is 3.11. The van der Waals surface area contributed by atoms with Crippen molar-refractivity contribution in [2.24, 2.45) is 0 Å². The summed E-state index contributed by atoms with van der Waals surface area (Å²) in [5.41, 5.74) is 2.91. The predicted octanol–water partition coefficient (Wildman–Crippen LogP) is 2.54. The maximum atomic E-state index is 12.2. The molecule has 9 heteroatoms. The smallest absolute Gasteiger partial charge is 0.262 e. The summed E-state index contributed by atoms with van der Waals surface area (Å²) in [5.74, 6) is 0.253. The van der Waals surface area contributed by atoms with Gasteiger partial charge in [0.2, 0.25) is 15.9 Å². The van der Waals surface area contributed by atoms with Gasteiger partial charge >= 0.3 is 0 Å². The van der Waals surface area contributed by atoms with Crippen molar-refractivity contribution in [2.45, 2.75) is 19.8 Å². The van der Waals surface area contributed by atoms with Crippen LogP contribution in [0.15, 0.2) is 42.5 Å². The van der Waals surface area contributed by atoms with Crippen molar-refractivity contribution in [1.29, 1.82) is 0 Å². The van der Waals surface area contributed by atoms with Gasteiger partial charge in [-0.15, -0.1) is 0 Å². The van der Waals surface area contributed by atoms with Gasteiger partial charge in [-0.2, -0.15) is 0 Å². The predicted molar refractivity (Wildman–Crippen MR) is 117 cm³/mol. The van der Waals surface area contributed by atoms with Crippen molar-refractivity contribution >= 4 is 38.9 Å². The van der Waals surface area contributed by atoms with Gasteiger partial charge in [0.15, 0.2) is 6.61 Å². The maximum Gasteiger partial charge on any atom is 0.262 e. The number of benzene rings is 2. The summed E-state index contributed by atoms with van der Waals surface area (Å²) in [7, 11) is -1.87. The molecular weight excluding hydrogens is 406 g/mol. The highest BCUT2D eigenvalue weighted by Crippen LogP contribution is 2.27. The second kappa shape index (κ2) is 8.74. The van der Waals surface area contributed by atoms with Gasteiger partial charge in [-0.3, -0.25) is 13.9 Å². The molecule has 30 heavy (non-hydrogen) atoms. The molecule has 160 valence electrons. The third-order valence-corrected chi connectivity index (χ3v) is 6.12. The van der Waals surface area contributed by atoms with Gasteiger partial charge < -0.3 is 15.0 Å². The molecule has 0 radical (unpaired) electrons. The number of anilines is 3.